The second-order valence-corrected chi connectivity index (χ2v) is 7.86. The van der Waals surface area contributed by atoms with Gasteiger partial charge in [0, 0.05) is 18.8 Å². The standard InChI is InChI=1S/C17H28O3/c1-16(2)7-4-8-17(3)12(11-15-19-9-10-20-15)13(18)5-6-14(16)17/h12,14-15H,4-11H2,1-3H3/t12-,14-,17+/m0/s1. The average molecular weight is 280 g/mol. The van der Waals surface area contributed by atoms with E-state index in [1.807, 2.05) is 0 Å². The van der Waals surface area contributed by atoms with E-state index in [0.717, 1.165) is 19.3 Å². The van der Waals surface area contributed by atoms with Crippen LogP contribution in [0.4, 0.5) is 0 Å². The first-order valence-corrected chi connectivity index (χ1v) is 8.19. The van der Waals surface area contributed by atoms with Crippen LogP contribution in [0.2, 0.25) is 0 Å². The summed E-state index contributed by atoms with van der Waals surface area (Å²) in [5.74, 6) is 1.23. The van der Waals surface area contributed by atoms with Crippen molar-refractivity contribution < 1.29 is 14.3 Å². The topological polar surface area (TPSA) is 35.5 Å². The van der Waals surface area contributed by atoms with Crippen molar-refractivity contribution in [3.05, 3.63) is 0 Å². The lowest BCUT2D eigenvalue weighted by Crippen LogP contribution is -2.52. The molecule has 0 aromatic carbocycles. The summed E-state index contributed by atoms with van der Waals surface area (Å²) in [6, 6.07) is 0. The van der Waals surface area contributed by atoms with Gasteiger partial charge in [0.25, 0.3) is 0 Å². The highest BCUT2D eigenvalue weighted by molar-refractivity contribution is 5.82. The van der Waals surface area contributed by atoms with Gasteiger partial charge in [-0.25, -0.2) is 0 Å². The summed E-state index contributed by atoms with van der Waals surface area (Å²) in [4.78, 5) is 12.5. The Hall–Kier alpha value is -0.410. The number of hydrogen-bond acceptors (Lipinski definition) is 3. The molecular formula is C17H28O3. The van der Waals surface area contributed by atoms with Crippen LogP contribution in [0.25, 0.3) is 0 Å². The summed E-state index contributed by atoms with van der Waals surface area (Å²) >= 11 is 0. The lowest BCUT2D eigenvalue weighted by molar-refractivity contribution is -0.153. The number of hydrogen-bond donors (Lipinski definition) is 0. The first-order chi connectivity index (χ1) is 9.43. The number of ketones is 1. The third kappa shape index (κ3) is 2.33. The molecule has 114 valence electrons. The summed E-state index contributed by atoms with van der Waals surface area (Å²) in [6.45, 7) is 8.50. The van der Waals surface area contributed by atoms with Gasteiger partial charge in [-0.15, -0.1) is 0 Å². The molecule has 3 heteroatoms. The largest absolute Gasteiger partial charge is 0.350 e. The van der Waals surface area contributed by atoms with E-state index in [-0.39, 0.29) is 17.6 Å². The highest BCUT2D eigenvalue weighted by Gasteiger charge is 2.55. The van der Waals surface area contributed by atoms with Crippen molar-refractivity contribution in [1.82, 2.24) is 0 Å². The van der Waals surface area contributed by atoms with Crippen molar-refractivity contribution >= 4 is 5.78 Å². The molecular weight excluding hydrogens is 252 g/mol. The molecule has 1 aliphatic heterocycles. The quantitative estimate of drug-likeness (QED) is 0.776. The summed E-state index contributed by atoms with van der Waals surface area (Å²) < 4.78 is 11.2. The fourth-order valence-electron chi connectivity index (χ4n) is 5.27. The lowest BCUT2D eigenvalue weighted by Gasteiger charge is -2.56. The molecule has 3 fully saturated rings. The van der Waals surface area contributed by atoms with Gasteiger partial charge in [-0.3, -0.25) is 4.79 Å². The van der Waals surface area contributed by atoms with Gasteiger partial charge < -0.3 is 9.47 Å². The van der Waals surface area contributed by atoms with Gasteiger partial charge in [0.2, 0.25) is 0 Å². The highest BCUT2D eigenvalue weighted by Crippen LogP contribution is 2.59. The molecule has 1 saturated heterocycles. The lowest BCUT2D eigenvalue weighted by atomic mass is 9.47. The highest BCUT2D eigenvalue weighted by atomic mass is 16.7. The smallest absolute Gasteiger partial charge is 0.158 e. The fraction of sp³-hybridized carbons (Fsp3) is 0.941. The maximum absolute atomic E-state index is 12.5. The number of rotatable bonds is 2. The van der Waals surface area contributed by atoms with Gasteiger partial charge in [-0.05, 0) is 36.0 Å². The van der Waals surface area contributed by atoms with Gasteiger partial charge >= 0.3 is 0 Å². The predicted octanol–water partition coefficient (Wildman–Crippen LogP) is 3.56. The van der Waals surface area contributed by atoms with E-state index in [1.165, 1.54) is 19.3 Å². The summed E-state index contributed by atoms with van der Waals surface area (Å²) in [6.07, 6.45) is 6.17. The van der Waals surface area contributed by atoms with E-state index < -0.39 is 0 Å². The van der Waals surface area contributed by atoms with Crippen molar-refractivity contribution in [3.63, 3.8) is 0 Å². The maximum atomic E-state index is 12.5. The molecule has 2 saturated carbocycles. The van der Waals surface area contributed by atoms with Crippen LogP contribution < -0.4 is 0 Å². The van der Waals surface area contributed by atoms with Gasteiger partial charge in [0.05, 0.1) is 13.2 Å². The second kappa shape index (κ2) is 5.10. The molecule has 0 spiro atoms. The minimum atomic E-state index is -0.149. The molecule has 0 N–H and O–H groups in total. The molecule has 1 heterocycles. The molecule has 3 aliphatic rings. The molecule has 0 aromatic rings. The van der Waals surface area contributed by atoms with E-state index >= 15 is 0 Å². The van der Waals surface area contributed by atoms with Gasteiger partial charge in [0.15, 0.2) is 6.29 Å². The summed E-state index contributed by atoms with van der Waals surface area (Å²) in [5.41, 5.74) is 0.510. The summed E-state index contributed by atoms with van der Waals surface area (Å²) in [7, 11) is 0. The first kappa shape index (κ1) is 14.5. The van der Waals surface area contributed by atoms with Crippen LogP contribution in [-0.2, 0) is 14.3 Å². The Balaban J connectivity index is 1.84. The van der Waals surface area contributed by atoms with Gasteiger partial charge in [-0.1, -0.05) is 27.2 Å². The van der Waals surface area contributed by atoms with E-state index in [2.05, 4.69) is 20.8 Å². The third-order valence-electron chi connectivity index (χ3n) is 6.26. The Kier molecular flexibility index (Phi) is 3.70. The molecule has 0 unspecified atom stereocenters. The van der Waals surface area contributed by atoms with Crippen LogP contribution in [-0.4, -0.2) is 25.3 Å². The monoisotopic (exact) mass is 280 g/mol. The zero-order valence-electron chi connectivity index (χ0n) is 13.1. The molecule has 3 nitrogen and oxygen atoms in total. The molecule has 3 rings (SSSR count). The number of carbonyl (C=O) groups is 1. The molecule has 0 amide bonds. The van der Waals surface area contributed by atoms with Crippen LogP contribution in [0, 0.1) is 22.7 Å². The number of fused-ring (bicyclic) bond motifs is 1. The Morgan fingerprint density at radius 3 is 2.55 bits per heavy atom. The van der Waals surface area contributed by atoms with Gasteiger partial charge in [0.1, 0.15) is 5.78 Å². The Bertz CT molecular complexity index is 384. The van der Waals surface area contributed by atoms with Crippen molar-refractivity contribution in [1.29, 1.82) is 0 Å². The van der Waals surface area contributed by atoms with Gasteiger partial charge in [-0.2, -0.15) is 0 Å². The third-order valence-corrected chi connectivity index (χ3v) is 6.26. The predicted molar refractivity (Wildman–Crippen MR) is 77.3 cm³/mol. The van der Waals surface area contributed by atoms with Crippen LogP contribution in [0.1, 0.15) is 59.3 Å². The van der Waals surface area contributed by atoms with E-state index in [0.29, 0.717) is 30.3 Å². The second-order valence-electron chi connectivity index (χ2n) is 7.86. The van der Waals surface area contributed by atoms with Crippen molar-refractivity contribution in [2.75, 3.05) is 13.2 Å². The molecule has 3 atom stereocenters. The van der Waals surface area contributed by atoms with Crippen molar-refractivity contribution in [3.8, 4) is 0 Å². The molecule has 2 aliphatic carbocycles. The molecule has 0 radical (unpaired) electrons. The van der Waals surface area contributed by atoms with Crippen molar-refractivity contribution in [2.24, 2.45) is 22.7 Å². The van der Waals surface area contributed by atoms with Crippen LogP contribution in [0.5, 0.6) is 0 Å². The van der Waals surface area contributed by atoms with Crippen molar-refractivity contribution in [2.45, 2.75) is 65.6 Å². The Morgan fingerprint density at radius 1 is 1.15 bits per heavy atom. The van der Waals surface area contributed by atoms with E-state index in [9.17, 15) is 4.79 Å². The van der Waals surface area contributed by atoms with E-state index in [1.54, 1.807) is 0 Å². The van der Waals surface area contributed by atoms with Crippen LogP contribution >= 0.6 is 0 Å². The molecule has 0 bridgehead atoms. The number of Topliss-reactive ketones (excluding diaryl/α,β-unsaturated/α-hetero) is 1. The molecule has 0 aromatic heterocycles. The average Bonchev–Trinajstić information content (AvgIpc) is 2.86. The maximum Gasteiger partial charge on any atom is 0.158 e. The van der Waals surface area contributed by atoms with Crippen LogP contribution in [0.15, 0.2) is 0 Å². The number of ether oxygens (including phenoxy) is 2. The summed E-state index contributed by atoms with van der Waals surface area (Å²) in [5, 5.41) is 0. The fourth-order valence-corrected chi connectivity index (χ4v) is 5.27. The molecule has 20 heavy (non-hydrogen) atoms. The zero-order chi connectivity index (χ0) is 14.4. The number of carbonyl (C=O) groups excluding carboxylic acids is 1. The van der Waals surface area contributed by atoms with E-state index in [4.69, 9.17) is 9.47 Å². The Morgan fingerprint density at radius 2 is 1.85 bits per heavy atom. The SMILES string of the molecule is CC1(C)CCC[C@]2(C)[C@@H](CC3OCCO3)C(=O)CC[C@@H]12. The normalized spacial score (nSPS) is 41.6. The van der Waals surface area contributed by atoms with Crippen LogP contribution in [0.3, 0.4) is 0 Å². The Labute approximate surface area is 122 Å². The zero-order valence-corrected chi connectivity index (χ0v) is 13.1. The minimum absolute atomic E-state index is 0.129. The minimum Gasteiger partial charge on any atom is -0.350 e. The first-order valence-electron chi connectivity index (χ1n) is 8.19.